The van der Waals surface area contributed by atoms with Crippen molar-refractivity contribution in [2.45, 2.75) is 18.4 Å². The predicted molar refractivity (Wildman–Crippen MR) is 47.1 cm³/mol. The van der Waals surface area contributed by atoms with E-state index in [1.165, 1.54) is 6.08 Å². The van der Waals surface area contributed by atoms with Gasteiger partial charge in [-0.15, -0.1) is 0 Å². The Bertz CT molecular complexity index is 447. The first-order valence-electron chi connectivity index (χ1n) is 4.60. The van der Waals surface area contributed by atoms with E-state index in [0.29, 0.717) is 5.56 Å². The Hall–Kier alpha value is -1.29. The fourth-order valence-electron chi connectivity index (χ4n) is 2.17. The Morgan fingerprint density at radius 2 is 1.73 bits per heavy atom. The van der Waals surface area contributed by atoms with Crippen LogP contribution in [0.4, 0.5) is 13.2 Å². The van der Waals surface area contributed by atoms with Crippen LogP contribution in [0, 0.1) is 0 Å². The summed E-state index contributed by atoms with van der Waals surface area (Å²) in [5.41, 5.74) is 0.944. The zero-order valence-corrected chi connectivity index (χ0v) is 7.58. The fraction of sp³-hybridized carbons (Fsp3) is 0.273. The number of alkyl halides is 3. The molecule has 2 bridgehead atoms. The second-order valence-electron chi connectivity index (χ2n) is 3.69. The van der Waals surface area contributed by atoms with Crippen molar-refractivity contribution >= 4 is 0 Å². The van der Waals surface area contributed by atoms with E-state index >= 15 is 0 Å². The van der Waals surface area contributed by atoms with Crippen molar-refractivity contribution in [1.29, 1.82) is 0 Å². The molecule has 0 N–H and O–H groups in total. The highest BCUT2D eigenvalue weighted by Crippen LogP contribution is 2.53. The fourth-order valence-corrected chi connectivity index (χ4v) is 2.17. The maximum atomic E-state index is 12.6. The average Bonchev–Trinajstić information content (AvgIpc) is 2.74. The molecule has 2 aliphatic heterocycles. The first kappa shape index (κ1) is 8.97. The monoisotopic (exact) mass is 212 g/mol. The minimum atomic E-state index is -4.28. The van der Waals surface area contributed by atoms with Gasteiger partial charge >= 0.3 is 6.18 Å². The molecule has 78 valence electrons. The van der Waals surface area contributed by atoms with E-state index in [-0.39, 0.29) is 0 Å². The molecule has 0 radical (unpaired) electrons. The Morgan fingerprint density at radius 1 is 1.07 bits per heavy atom. The molecule has 0 aliphatic carbocycles. The molecule has 0 amide bonds. The summed E-state index contributed by atoms with van der Waals surface area (Å²) in [6, 6.07) is 7.04. The maximum Gasteiger partial charge on any atom is 0.415 e. The van der Waals surface area contributed by atoms with Gasteiger partial charge in [-0.2, -0.15) is 13.2 Å². The topological polar surface area (TPSA) is 9.23 Å². The summed E-state index contributed by atoms with van der Waals surface area (Å²) in [7, 11) is 0. The molecule has 1 nitrogen and oxygen atoms in total. The van der Waals surface area contributed by atoms with Gasteiger partial charge in [0, 0.05) is 0 Å². The van der Waals surface area contributed by atoms with Gasteiger partial charge in [0.05, 0.1) is 5.57 Å². The highest BCUT2D eigenvalue weighted by molar-refractivity contribution is 5.47. The van der Waals surface area contributed by atoms with Crippen LogP contribution in [0.5, 0.6) is 0 Å². The third-order valence-corrected chi connectivity index (χ3v) is 2.81. The molecule has 0 saturated heterocycles. The van der Waals surface area contributed by atoms with Crippen molar-refractivity contribution in [3.05, 3.63) is 47.0 Å². The molecule has 0 spiro atoms. The molecule has 3 rings (SSSR count). The molecule has 0 saturated carbocycles. The molecule has 0 aromatic heterocycles. The number of fused-ring (bicyclic) bond motifs is 5. The van der Waals surface area contributed by atoms with E-state index in [1.807, 2.05) is 12.1 Å². The second-order valence-corrected chi connectivity index (χ2v) is 3.69. The van der Waals surface area contributed by atoms with Crippen LogP contribution < -0.4 is 0 Å². The van der Waals surface area contributed by atoms with Crippen LogP contribution in [-0.2, 0) is 4.74 Å². The number of ether oxygens (including phenoxy) is 1. The lowest BCUT2D eigenvalue weighted by molar-refractivity contribution is -0.104. The SMILES string of the molecule is FC(F)(F)C1=C[C@@H]2O[C@H]1c1ccccc12. The largest absolute Gasteiger partial charge is 0.415 e. The molecular weight excluding hydrogens is 205 g/mol. The molecule has 4 heteroatoms. The summed E-state index contributed by atoms with van der Waals surface area (Å²) in [6.07, 6.45) is -4.53. The maximum absolute atomic E-state index is 12.6. The highest BCUT2D eigenvalue weighted by Gasteiger charge is 2.49. The molecule has 15 heavy (non-hydrogen) atoms. The smallest absolute Gasteiger partial charge is 0.357 e. The van der Waals surface area contributed by atoms with E-state index < -0.39 is 24.0 Å². The summed E-state index contributed by atoms with van der Waals surface area (Å²) in [4.78, 5) is 0. The van der Waals surface area contributed by atoms with E-state index in [0.717, 1.165) is 5.56 Å². The van der Waals surface area contributed by atoms with Gasteiger partial charge in [0.1, 0.15) is 12.2 Å². The van der Waals surface area contributed by atoms with E-state index in [2.05, 4.69) is 0 Å². The van der Waals surface area contributed by atoms with Crippen LogP contribution in [0.25, 0.3) is 0 Å². The number of hydrogen-bond donors (Lipinski definition) is 0. The van der Waals surface area contributed by atoms with Gasteiger partial charge in [0.2, 0.25) is 0 Å². The van der Waals surface area contributed by atoms with Crippen LogP contribution >= 0.6 is 0 Å². The molecule has 0 unspecified atom stereocenters. The summed E-state index contributed by atoms with van der Waals surface area (Å²) in [5.74, 6) is 0. The summed E-state index contributed by atoms with van der Waals surface area (Å²) >= 11 is 0. The second kappa shape index (κ2) is 2.64. The highest BCUT2D eigenvalue weighted by atomic mass is 19.4. The van der Waals surface area contributed by atoms with Crippen LogP contribution in [0.3, 0.4) is 0 Å². The lowest BCUT2D eigenvalue weighted by Gasteiger charge is -2.16. The minimum Gasteiger partial charge on any atom is -0.357 e. The summed E-state index contributed by atoms with van der Waals surface area (Å²) < 4.78 is 43.0. The van der Waals surface area contributed by atoms with Crippen LogP contribution in [0.1, 0.15) is 23.3 Å². The van der Waals surface area contributed by atoms with E-state index in [9.17, 15) is 13.2 Å². The zero-order valence-electron chi connectivity index (χ0n) is 7.58. The zero-order chi connectivity index (χ0) is 10.6. The molecule has 1 aromatic carbocycles. The minimum absolute atomic E-state index is 0.511. The lowest BCUT2D eigenvalue weighted by atomic mass is 9.91. The third-order valence-electron chi connectivity index (χ3n) is 2.81. The Morgan fingerprint density at radius 3 is 2.40 bits per heavy atom. The standard InChI is InChI=1S/C11H7F3O/c12-11(13,14)8-5-9-6-3-1-2-4-7(6)10(8)15-9/h1-5,9-10H/t9-,10-/m0/s1. The third kappa shape index (κ3) is 1.14. The van der Waals surface area contributed by atoms with E-state index in [1.54, 1.807) is 12.1 Å². The Labute approximate surface area is 84.2 Å². The number of rotatable bonds is 0. The molecule has 0 fully saturated rings. The summed E-state index contributed by atoms with van der Waals surface area (Å²) in [6.45, 7) is 0. The molecular formula is C11H7F3O. The quantitative estimate of drug-likeness (QED) is 0.599. The average molecular weight is 212 g/mol. The molecule has 2 aliphatic rings. The van der Waals surface area contributed by atoms with Crippen molar-refractivity contribution in [3.8, 4) is 0 Å². The van der Waals surface area contributed by atoms with Gasteiger partial charge in [0.15, 0.2) is 0 Å². The van der Waals surface area contributed by atoms with Gasteiger partial charge < -0.3 is 4.74 Å². The Kier molecular flexibility index (Phi) is 1.58. The lowest BCUT2D eigenvalue weighted by Crippen LogP contribution is -2.17. The molecule has 2 atom stereocenters. The van der Waals surface area contributed by atoms with Gasteiger partial charge in [-0.05, 0) is 17.2 Å². The van der Waals surface area contributed by atoms with Crippen molar-refractivity contribution < 1.29 is 17.9 Å². The van der Waals surface area contributed by atoms with Gasteiger partial charge in [0.25, 0.3) is 0 Å². The Balaban J connectivity index is 2.09. The normalized spacial score (nSPS) is 27.8. The van der Waals surface area contributed by atoms with Crippen LogP contribution in [0.2, 0.25) is 0 Å². The first-order chi connectivity index (χ1) is 7.07. The van der Waals surface area contributed by atoms with Crippen molar-refractivity contribution in [2.75, 3.05) is 0 Å². The predicted octanol–water partition coefficient (Wildman–Crippen LogP) is 3.30. The van der Waals surface area contributed by atoms with Crippen molar-refractivity contribution in [1.82, 2.24) is 0 Å². The molecule has 1 aromatic rings. The van der Waals surface area contributed by atoms with Gasteiger partial charge in [-0.25, -0.2) is 0 Å². The van der Waals surface area contributed by atoms with E-state index in [4.69, 9.17) is 4.74 Å². The van der Waals surface area contributed by atoms with Gasteiger partial charge in [-0.3, -0.25) is 0 Å². The number of benzene rings is 1. The van der Waals surface area contributed by atoms with Gasteiger partial charge in [-0.1, -0.05) is 24.3 Å². The van der Waals surface area contributed by atoms with Crippen LogP contribution in [-0.4, -0.2) is 6.18 Å². The molecule has 2 heterocycles. The van der Waals surface area contributed by atoms with Crippen LogP contribution in [0.15, 0.2) is 35.9 Å². The number of hydrogen-bond acceptors (Lipinski definition) is 1. The first-order valence-corrected chi connectivity index (χ1v) is 4.60. The summed E-state index contributed by atoms with van der Waals surface area (Å²) in [5, 5.41) is 0. The number of halogens is 3. The van der Waals surface area contributed by atoms with Crippen molar-refractivity contribution in [2.24, 2.45) is 0 Å². The van der Waals surface area contributed by atoms with Crippen molar-refractivity contribution in [3.63, 3.8) is 0 Å².